The fraction of sp³-hybridized carbons (Fsp3) is 0.833. The molecule has 1 saturated carbocycles. The van der Waals surface area contributed by atoms with E-state index < -0.39 is 5.54 Å². The average molecular weight is 208 g/mol. The summed E-state index contributed by atoms with van der Waals surface area (Å²) in [5, 5.41) is 12.0. The second kappa shape index (κ2) is 4.65. The Morgan fingerprint density at radius 1 is 1.47 bits per heavy atom. The van der Waals surface area contributed by atoms with E-state index in [0.717, 1.165) is 25.7 Å². The van der Waals surface area contributed by atoms with Gasteiger partial charge in [0.2, 0.25) is 5.91 Å². The van der Waals surface area contributed by atoms with Crippen LogP contribution >= 0.6 is 0 Å². The number of nitriles is 1. The zero-order valence-corrected chi connectivity index (χ0v) is 9.84. The number of carbonyl (C=O) groups excluding carboxylic acids is 1. The van der Waals surface area contributed by atoms with Gasteiger partial charge in [0.15, 0.2) is 0 Å². The Morgan fingerprint density at radius 2 is 2.00 bits per heavy atom. The molecule has 1 aliphatic carbocycles. The lowest BCUT2D eigenvalue weighted by molar-refractivity contribution is -0.120. The molecule has 0 radical (unpaired) electrons. The minimum atomic E-state index is -0.586. The van der Waals surface area contributed by atoms with Crippen LogP contribution in [0.1, 0.15) is 46.5 Å². The first-order valence-corrected chi connectivity index (χ1v) is 5.69. The normalized spacial score (nSPS) is 31.0. The number of carbonyl (C=O) groups is 1. The van der Waals surface area contributed by atoms with E-state index in [4.69, 9.17) is 5.26 Å². The van der Waals surface area contributed by atoms with Gasteiger partial charge in [0.05, 0.1) is 6.07 Å². The molecule has 15 heavy (non-hydrogen) atoms. The first-order valence-electron chi connectivity index (χ1n) is 5.69. The van der Waals surface area contributed by atoms with Crippen LogP contribution in [0.4, 0.5) is 0 Å². The lowest BCUT2D eigenvalue weighted by Gasteiger charge is -2.36. The minimum absolute atomic E-state index is 0.0976. The van der Waals surface area contributed by atoms with Crippen LogP contribution in [0.15, 0.2) is 0 Å². The number of amides is 1. The molecule has 0 saturated heterocycles. The molecule has 1 fully saturated rings. The van der Waals surface area contributed by atoms with E-state index in [1.165, 1.54) is 6.92 Å². The fourth-order valence-corrected chi connectivity index (χ4v) is 2.40. The highest BCUT2D eigenvalue weighted by Gasteiger charge is 2.36. The van der Waals surface area contributed by atoms with Gasteiger partial charge in [0.1, 0.15) is 5.54 Å². The van der Waals surface area contributed by atoms with Crippen molar-refractivity contribution in [1.29, 1.82) is 5.26 Å². The van der Waals surface area contributed by atoms with Crippen molar-refractivity contribution in [2.24, 2.45) is 11.8 Å². The van der Waals surface area contributed by atoms with Gasteiger partial charge in [-0.1, -0.05) is 13.8 Å². The van der Waals surface area contributed by atoms with E-state index in [1.807, 2.05) is 0 Å². The summed E-state index contributed by atoms with van der Waals surface area (Å²) >= 11 is 0. The molecule has 3 heteroatoms. The van der Waals surface area contributed by atoms with Crippen molar-refractivity contribution in [3.05, 3.63) is 0 Å². The van der Waals surface area contributed by atoms with Crippen LogP contribution in [0.25, 0.3) is 0 Å². The van der Waals surface area contributed by atoms with E-state index in [1.54, 1.807) is 0 Å². The fourth-order valence-electron chi connectivity index (χ4n) is 2.40. The third-order valence-electron chi connectivity index (χ3n) is 3.46. The van der Waals surface area contributed by atoms with Crippen LogP contribution in [-0.4, -0.2) is 11.4 Å². The predicted octanol–water partition coefficient (Wildman–Crippen LogP) is 2.23. The molecule has 3 nitrogen and oxygen atoms in total. The Hall–Kier alpha value is -1.04. The molecule has 0 atom stereocenters. The van der Waals surface area contributed by atoms with Crippen LogP contribution in [0.3, 0.4) is 0 Å². The number of nitrogens with zero attached hydrogens (tertiary/aromatic N) is 1. The van der Waals surface area contributed by atoms with Gasteiger partial charge in [0.25, 0.3) is 0 Å². The Kier molecular flexibility index (Phi) is 3.73. The molecule has 0 aromatic heterocycles. The first kappa shape index (κ1) is 12.0. The Morgan fingerprint density at radius 3 is 2.33 bits per heavy atom. The highest BCUT2D eigenvalue weighted by atomic mass is 16.1. The van der Waals surface area contributed by atoms with Crippen LogP contribution < -0.4 is 5.32 Å². The second-order valence-electron chi connectivity index (χ2n) is 4.96. The molecule has 84 valence electrons. The predicted molar refractivity (Wildman–Crippen MR) is 59.0 cm³/mol. The van der Waals surface area contributed by atoms with Gasteiger partial charge < -0.3 is 5.32 Å². The largest absolute Gasteiger partial charge is 0.338 e. The smallest absolute Gasteiger partial charge is 0.218 e. The molecule has 0 aromatic carbocycles. The molecule has 0 spiro atoms. The topological polar surface area (TPSA) is 52.9 Å². The van der Waals surface area contributed by atoms with Gasteiger partial charge in [-0.05, 0) is 37.5 Å². The van der Waals surface area contributed by atoms with Gasteiger partial charge >= 0.3 is 0 Å². The summed E-state index contributed by atoms with van der Waals surface area (Å²) in [6.07, 6.45) is 3.69. The highest BCUT2D eigenvalue weighted by Crippen LogP contribution is 2.35. The van der Waals surface area contributed by atoms with Crippen LogP contribution in [0.2, 0.25) is 0 Å². The summed E-state index contributed by atoms with van der Waals surface area (Å²) in [6.45, 7) is 5.93. The molecule has 1 aliphatic rings. The van der Waals surface area contributed by atoms with Crippen molar-refractivity contribution in [2.75, 3.05) is 0 Å². The average Bonchev–Trinajstić information content (AvgIpc) is 2.17. The second-order valence-corrected chi connectivity index (χ2v) is 4.96. The van der Waals surface area contributed by atoms with Crippen LogP contribution in [0.5, 0.6) is 0 Å². The van der Waals surface area contributed by atoms with Crippen LogP contribution in [0, 0.1) is 23.2 Å². The third-order valence-corrected chi connectivity index (χ3v) is 3.46. The Bertz CT molecular complexity index is 270. The van der Waals surface area contributed by atoms with Gasteiger partial charge in [-0.2, -0.15) is 5.26 Å². The van der Waals surface area contributed by atoms with E-state index in [-0.39, 0.29) is 5.91 Å². The molecule has 0 bridgehead atoms. The minimum Gasteiger partial charge on any atom is -0.338 e. The molecule has 0 unspecified atom stereocenters. The van der Waals surface area contributed by atoms with Crippen molar-refractivity contribution in [3.63, 3.8) is 0 Å². The molecule has 0 aromatic rings. The zero-order chi connectivity index (χ0) is 11.5. The standard InChI is InChI=1S/C12H20N2O/c1-9(2)11-4-6-12(8-13,7-5-11)14-10(3)15/h9,11H,4-7H2,1-3H3,(H,14,15)/t11-,12+. The summed E-state index contributed by atoms with van der Waals surface area (Å²) < 4.78 is 0. The summed E-state index contributed by atoms with van der Waals surface area (Å²) in [5.74, 6) is 1.29. The summed E-state index contributed by atoms with van der Waals surface area (Å²) in [5.41, 5.74) is -0.586. The van der Waals surface area contributed by atoms with Crippen molar-refractivity contribution in [3.8, 4) is 6.07 Å². The van der Waals surface area contributed by atoms with E-state index in [9.17, 15) is 4.79 Å². The van der Waals surface area contributed by atoms with Gasteiger partial charge in [-0.3, -0.25) is 4.79 Å². The molecule has 1 rings (SSSR count). The summed E-state index contributed by atoms with van der Waals surface area (Å²) in [6, 6.07) is 2.28. The monoisotopic (exact) mass is 208 g/mol. The highest BCUT2D eigenvalue weighted by molar-refractivity contribution is 5.74. The number of hydrogen-bond donors (Lipinski definition) is 1. The first-order chi connectivity index (χ1) is 6.99. The van der Waals surface area contributed by atoms with Crippen LogP contribution in [-0.2, 0) is 4.79 Å². The number of rotatable bonds is 2. The van der Waals surface area contributed by atoms with Gasteiger partial charge in [-0.25, -0.2) is 0 Å². The SMILES string of the molecule is CC(=O)N[C@]1(C#N)CC[C@H](C(C)C)CC1. The van der Waals surface area contributed by atoms with Gasteiger partial charge in [-0.15, -0.1) is 0 Å². The van der Waals surface area contributed by atoms with Crippen molar-refractivity contribution < 1.29 is 4.79 Å². The molecular weight excluding hydrogens is 188 g/mol. The Balaban J connectivity index is 2.59. The van der Waals surface area contributed by atoms with Gasteiger partial charge in [0, 0.05) is 6.92 Å². The maximum absolute atomic E-state index is 11.0. The number of hydrogen-bond acceptors (Lipinski definition) is 2. The Labute approximate surface area is 91.9 Å². The van der Waals surface area contributed by atoms with Crippen molar-refractivity contribution >= 4 is 5.91 Å². The molecule has 1 N–H and O–H groups in total. The maximum atomic E-state index is 11.0. The molecular formula is C12H20N2O. The molecule has 1 amide bonds. The third kappa shape index (κ3) is 2.95. The lowest BCUT2D eigenvalue weighted by atomic mass is 9.73. The van der Waals surface area contributed by atoms with Crippen molar-refractivity contribution in [1.82, 2.24) is 5.32 Å². The van der Waals surface area contributed by atoms with E-state index >= 15 is 0 Å². The quantitative estimate of drug-likeness (QED) is 0.756. The zero-order valence-electron chi connectivity index (χ0n) is 9.84. The molecule has 0 heterocycles. The maximum Gasteiger partial charge on any atom is 0.218 e. The van der Waals surface area contributed by atoms with Crippen molar-refractivity contribution in [2.45, 2.75) is 52.0 Å². The number of nitrogens with one attached hydrogen (secondary N) is 1. The van der Waals surface area contributed by atoms with E-state index in [2.05, 4.69) is 25.2 Å². The summed E-state index contributed by atoms with van der Waals surface area (Å²) in [4.78, 5) is 11.0. The van der Waals surface area contributed by atoms with E-state index in [0.29, 0.717) is 11.8 Å². The molecule has 0 aliphatic heterocycles. The lowest BCUT2D eigenvalue weighted by Crippen LogP contribution is -2.49. The summed E-state index contributed by atoms with van der Waals surface area (Å²) in [7, 11) is 0.